The van der Waals surface area contributed by atoms with Crippen molar-refractivity contribution in [3.05, 3.63) is 60.3 Å². The number of rotatable bonds is 7. The molecule has 1 atom stereocenters. The van der Waals surface area contributed by atoms with Gasteiger partial charge < -0.3 is 16.4 Å². The first-order valence-electron chi connectivity index (χ1n) is 7.93. The van der Waals surface area contributed by atoms with Crippen molar-refractivity contribution in [3.63, 3.8) is 0 Å². The minimum atomic E-state index is -0.307. The van der Waals surface area contributed by atoms with Crippen molar-refractivity contribution in [1.29, 1.82) is 0 Å². The molecule has 1 heterocycles. The number of benzene rings is 1. The zero-order valence-electron chi connectivity index (χ0n) is 14.3. The predicted octanol–water partition coefficient (Wildman–Crippen LogP) is 2.49. The molecular weight excluding hydrogens is 321 g/mol. The second-order valence-electron chi connectivity index (χ2n) is 5.60. The number of H-pyrrole nitrogens is 1. The average molecular weight is 343 g/mol. The number of carbonyl (C=O) groups is 1. The molecule has 0 spiro atoms. The highest BCUT2D eigenvalue weighted by Gasteiger charge is 2.11. The highest BCUT2D eigenvalue weighted by atomic mass is 19.1. The average Bonchev–Trinajstić information content (AvgIpc) is 3.04. The van der Waals surface area contributed by atoms with Crippen molar-refractivity contribution < 1.29 is 9.18 Å². The first kappa shape index (κ1) is 18.3. The monoisotopic (exact) mass is 343 g/mol. The molecule has 7 heteroatoms. The van der Waals surface area contributed by atoms with Crippen molar-refractivity contribution in [3.8, 4) is 11.3 Å². The van der Waals surface area contributed by atoms with Crippen LogP contribution in [0.4, 0.5) is 4.39 Å². The van der Waals surface area contributed by atoms with Crippen molar-refractivity contribution >= 4 is 11.6 Å². The van der Waals surface area contributed by atoms with Crippen LogP contribution < -0.4 is 16.4 Å². The Labute approximate surface area is 146 Å². The summed E-state index contributed by atoms with van der Waals surface area (Å²) in [5, 5.41) is 12.6. The summed E-state index contributed by atoms with van der Waals surface area (Å²) >= 11 is 0. The molecule has 25 heavy (non-hydrogen) atoms. The summed E-state index contributed by atoms with van der Waals surface area (Å²) in [6, 6.07) is 5.91. The van der Waals surface area contributed by atoms with Crippen LogP contribution in [0.25, 0.3) is 17.0 Å². The standard InChI is InChI=1S/C18H22FN5O/c1-4-17(25)23-12(3)22-11(2)9-16(20)15-10-21-24-18(15)13-5-7-14(19)8-6-13/h5-11,22H,3-4,20H2,1-2H3,(H,21,24)(H,23,25)/b16-9-/t11-/m0/s1. The maximum Gasteiger partial charge on any atom is 0.225 e. The second kappa shape index (κ2) is 8.14. The summed E-state index contributed by atoms with van der Waals surface area (Å²) in [4.78, 5) is 11.3. The van der Waals surface area contributed by atoms with Crippen LogP contribution in [0, 0.1) is 5.82 Å². The second-order valence-corrected chi connectivity index (χ2v) is 5.60. The Hall–Kier alpha value is -3.09. The Morgan fingerprint density at radius 1 is 1.44 bits per heavy atom. The summed E-state index contributed by atoms with van der Waals surface area (Å²) in [6.45, 7) is 7.41. The van der Waals surface area contributed by atoms with E-state index in [1.165, 1.54) is 12.1 Å². The van der Waals surface area contributed by atoms with Gasteiger partial charge in [0.1, 0.15) is 5.82 Å². The van der Waals surface area contributed by atoms with Crippen LogP contribution in [0.3, 0.4) is 0 Å². The zero-order valence-corrected chi connectivity index (χ0v) is 14.3. The number of amides is 1. The Bertz CT molecular complexity index is 779. The Kier molecular flexibility index (Phi) is 5.94. The number of aromatic amines is 1. The molecule has 6 nitrogen and oxygen atoms in total. The molecule has 2 rings (SSSR count). The van der Waals surface area contributed by atoms with E-state index in [2.05, 4.69) is 27.4 Å². The van der Waals surface area contributed by atoms with E-state index in [4.69, 9.17) is 5.73 Å². The molecular formula is C18H22FN5O. The number of halogens is 1. The van der Waals surface area contributed by atoms with Crippen molar-refractivity contribution in [2.45, 2.75) is 26.3 Å². The van der Waals surface area contributed by atoms with Gasteiger partial charge in [-0.2, -0.15) is 5.10 Å². The maximum atomic E-state index is 13.1. The van der Waals surface area contributed by atoms with Crippen LogP contribution in [-0.4, -0.2) is 22.1 Å². The number of hydrogen-bond donors (Lipinski definition) is 4. The number of aromatic nitrogens is 2. The minimum Gasteiger partial charge on any atom is -0.398 e. The molecule has 2 aromatic rings. The van der Waals surface area contributed by atoms with E-state index >= 15 is 0 Å². The quantitative estimate of drug-likeness (QED) is 0.621. The molecule has 0 unspecified atom stereocenters. The topological polar surface area (TPSA) is 95.8 Å². The van der Waals surface area contributed by atoms with Gasteiger partial charge in [-0.05, 0) is 37.3 Å². The van der Waals surface area contributed by atoms with Gasteiger partial charge >= 0.3 is 0 Å². The fraction of sp³-hybridized carbons (Fsp3) is 0.222. The highest BCUT2D eigenvalue weighted by Crippen LogP contribution is 2.25. The van der Waals surface area contributed by atoms with Crippen LogP contribution in [0.15, 0.2) is 48.9 Å². The molecule has 0 fully saturated rings. The van der Waals surface area contributed by atoms with Crippen molar-refractivity contribution in [2.75, 3.05) is 0 Å². The lowest BCUT2D eigenvalue weighted by molar-refractivity contribution is -0.120. The largest absolute Gasteiger partial charge is 0.398 e. The van der Waals surface area contributed by atoms with Gasteiger partial charge in [0, 0.05) is 29.3 Å². The number of nitrogens with zero attached hydrogens (tertiary/aromatic N) is 1. The van der Waals surface area contributed by atoms with Gasteiger partial charge in [-0.1, -0.05) is 13.5 Å². The van der Waals surface area contributed by atoms with Crippen molar-refractivity contribution in [2.24, 2.45) is 5.73 Å². The molecule has 1 aromatic heterocycles. The molecule has 0 saturated heterocycles. The summed E-state index contributed by atoms with van der Waals surface area (Å²) < 4.78 is 13.1. The van der Waals surface area contributed by atoms with E-state index in [9.17, 15) is 9.18 Å². The minimum absolute atomic E-state index is 0.116. The lowest BCUT2D eigenvalue weighted by atomic mass is 10.1. The van der Waals surface area contributed by atoms with Crippen LogP contribution >= 0.6 is 0 Å². The molecule has 0 saturated carbocycles. The molecule has 132 valence electrons. The predicted molar refractivity (Wildman–Crippen MR) is 96.3 cm³/mol. The smallest absolute Gasteiger partial charge is 0.225 e. The molecule has 1 amide bonds. The fourth-order valence-corrected chi connectivity index (χ4v) is 2.31. The van der Waals surface area contributed by atoms with Gasteiger partial charge in [-0.25, -0.2) is 4.39 Å². The SMILES string of the molecule is C=C(NC(=O)CC)N[C@@H](C)/C=C(\N)c1cn[nH]c1-c1ccc(F)cc1. The third-order valence-electron chi connectivity index (χ3n) is 3.53. The number of carbonyl (C=O) groups excluding carboxylic acids is 1. The lowest BCUT2D eigenvalue weighted by Gasteiger charge is -2.15. The molecule has 0 radical (unpaired) electrons. The number of hydrogen-bond acceptors (Lipinski definition) is 4. The van der Waals surface area contributed by atoms with Crippen LogP contribution in [0.5, 0.6) is 0 Å². The summed E-state index contributed by atoms with van der Waals surface area (Å²) in [5.74, 6) is -0.0109. The van der Waals surface area contributed by atoms with E-state index in [0.717, 1.165) is 5.56 Å². The lowest BCUT2D eigenvalue weighted by Crippen LogP contribution is -2.34. The number of nitrogens with two attached hydrogens (primary N) is 1. The highest BCUT2D eigenvalue weighted by molar-refractivity contribution is 5.78. The Balaban J connectivity index is 2.12. The van der Waals surface area contributed by atoms with Gasteiger partial charge in [0.25, 0.3) is 0 Å². The molecule has 5 N–H and O–H groups in total. The molecule has 1 aromatic carbocycles. The van der Waals surface area contributed by atoms with Gasteiger partial charge in [-0.3, -0.25) is 9.89 Å². The summed E-state index contributed by atoms with van der Waals surface area (Å²) in [7, 11) is 0. The van der Waals surface area contributed by atoms with Crippen LogP contribution in [0.1, 0.15) is 25.8 Å². The summed E-state index contributed by atoms with van der Waals surface area (Å²) in [5.41, 5.74) is 8.89. The van der Waals surface area contributed by atoms with E-state index in [1.807, 2.05) is 6.92 Å². The van der Waals surface area contributed by atoms with Gasteiger partial charge in [0.05, 0.1) is 17.7 Å². The number of nitrogens with one attached hydrogen (secondary N) is 3. The third kappa shape index (κ3) is 4.94. The van der Waals surface area contributed by atoms with E-state index in [1.54, 1.807) is 31.3 Å². The molecule has 0 bridgehead atoms. The summed E-state index contributed by atoms with van der Waals surface area (Å²) in [6.07, 6.45) is 3.79. The third-order valence-corrected chi connectivity index (χ3v) is 3.53. The zero-order chi connectivity index (χ0) is 18.4. The molecule has 0 aliphatic rings. The van der Waals surface area contributed by atoms with Crippen molar-refractivity contribution in [1.82, 2.24) is 20.8 Å². The molecule has 0 aliphatic heterocycles. The normalized spacial score (nSPS) is 12.5. The molecule has 0 aliphatic carbocycles. The maximum absolute atomic E-state index is 13.1. The van der Waals surface area contributed by atoms with Crippen LogP contribution in [-0.2, 0) is 4.79 Å². The van der Waals surface area contributed by atoms with E-state index in [-0.39, 0.29) is 17.8 Å². The Morgan fingerprint density at radius 3 is 2.76 bits per heavy atom. The first-order valence-corrected chi connectivity index (χ1v) is 7.93. The van der Waals surface area contributed by atoms with Crippen LogP contribution in [0.2, 0.25) is 0 Å². The van der Waals surface area contributed by atoms with E-state index < -0.39 is 0 Å². The fourth-order valence-electron chi connectivity index (χ4n) is 2.31. The van der Waals surface area contributed by atoms with E-state index in [0.29, 0.717) is 29.2 Å². The first-order chi connectivity index (χ1) is 11.9. The van der Waals surface area contributed by atoms with Gasteiger partial charge in [-0.15, -0.1) is 0 Å². The van der Waals surface area contributed by atoms with Gasteiger partial charge in [0.15, 0.2) is 0 Å². The Morgan fingerprint density at radius 2 is 2.12 bits per heavy atom. The van der Waals surface area contributed by atoms with Gasteiger partial charge in [0.2, 0.25) is 5.91 Å².